The van der Waals surface area contributed by atoms with Crippen molar-refractivity contribution in [3.63, 3.8) is 0 Å². The highest BCUT2D eigenvalue weighted by atomic mass is 16.5. The van der Waals surface area contributed by atoms with Crippen LogP contribution in [0.1, 0.15) is 42.2 Å². The highest BCUT2D eigenvalue weighted by Gasteiger charge is 2.29. The van der Waals surface area contributed by atoms with Gasteiger partial charge in [0.05, 0.1) is 18.4 Å². The standard InChI is InChI=1S/C26H20N2O7/c1-28(26(33)34-2)21-10-6-5-9-19(21)25(32)35-14-22(29)27-15-11-12-18-20(13-15)24(31)17-8-4-3-7-16(17)23(18)30/h3-13H,14H2,1-2H3,(H,27,29). The Bertz CT molecular complexity index is 1380. The maximum Gasteiger partial charge on any atom is 0.413 e. The van der Waals surface area contributed by atoms with Crippen molar-refractivity contribution >= 4 is 40.9 Å². The lowest BCUT2D eigenvalue weighted by molar-refractivity contribution is -0.119. The van der Waals surface area contributed by atoms with E-state index in [-0.39, 0.29) is 39.6 Å². The minimum atomic E-state index is -0.811. The summed E-state index contributed by atoms with van der Waals surface area (Å²) in [6.07, 6.45) is -0.675. The number of carbonyl (C=O) groups excluding carboxylic acids is 5. The van der Waals surface area contributed by atoms with Crippen LogP contribution in [0.2, 0.25) is 0 Å². The van der Waals surface area contributed by atoms with E-state index in [4.69, 9.17) is 4.74 Å². The Morgan fingerprint density at radius 2 is 1.43 bits per heavy atom. The molecule has 4 rings (SSSR count). The number of rotatable bonds is 5. The predicted molar refractivity (Wildman–Crippen MR) is 126 cm³/mol. The average Bonchev–Trinajstić information content (AvgIpc) is 2.89. The van der Waals surface area contributed by atoms with E-state index in [1.807, 2.05) is 0 Å². The van der Waals surface area contributed by atoms with Crippen LogP contribution in [0.25, 0.3) is 0 Å². The van der Waals surface area contributed by atoms with Gasteiger partial charge in [-0.3, -0.25) is 19.3 Å². The third-order valence-corrected chi connectivity index (χ3v) is 5.48. The van der Waals surface area contributed by atoms with Crippen molar-refractivity contribution in [1.82, 2.24) is 0 Å². The number of para-hydroxylation sites is 1. The quantitative estimate of drug-likeness (QED) is 0.442. The fraction of sp³-hybridized carbons (Fsp3) is 0.115. The Kier molecular flexibility index (Phi) is 6.41. The average molecular weight is 472 g/mol. The molecule has 0 bridgehead atoms. The number of ether oxygens (including phenoxy) is 2. The number of hydrogen-bond donors (Lipinski definition) is 1. The van der Waals surface area contributed by atoms with Gasteiger partial charge in [-0.05, 0) is 30.3 Å². The van der Waals surface area contributed by atoms with Crippen molar-refractivity contribution in [3.8, 4) is 0 Å². The molecule has 1 aliphatic carbocycles. The molecule has 0 saturated carbocycles. The number of benzene rings is 3. The molecule has 0 saturated heterocycles. The molecule has 1 aliphatic rings. The maximum atomic E-state index is 12.8. The lowest BCUT2D eigenvalue weighted by Gasteiger charge is -2.19. The van der Waals surface area contributed by atoms with Crippen LogP contribution >= 0.6 is 0 Å². The van der Waals surface area contributed by atoms with Crippen LogP contribution < -0.4 is 10.2 Å². The molecule has 3 aromatic rings. The van der Waals surface area contributed by atoms with Crippen molar-refractivity contribution in [3.05, 3.63) is 94.5 Å². The topological polar surface area (TPSA) is 119 Å². The molecule has 0 radical (unpaired) electrons. The number of esters is 1. The second kappa shape index (κ2) is 9.60. The summed E-state index contributed by atoms with van der Waals surface area (Å²) < 4.78 is 9.78. The molecule has 9 heteroatoms. The molecule has 0 aromatic heterocycles. The summed E-state index contributed by atoms with van der Waals surface area (Å²) in [4.78, 5) is 63.5. The number of amides is 2. The second-order valence-electron chi connectivity index (χ2n) is 7.63. The molecule has 2 amide bonds. The van der Waals surface area contributed by atoms with E-state index < -0.39 is 24.6 Å². The minimum absolute atomic E-state index is 0.0738. The lowest BCUT2D eigenvalue weighted by Crippen LogP contribution is -2.28. The maximum absolute atomic E-state index is 12.8. The van der Waals surface area contributed by atoms with E-state index in [9.17, 15) is 24.0 Å². The largest absolute Gasteiger partial charge is 0.452 e. The van der Waals surface area contributed by atoms with E-state index in [2.05, 4.69) is 10.1 Å². The monoisotopic (exact) mass is 472 g/mol. The van der Waals surface area contributed by atoms with Gasteiger partial charge in [0.2, 0.25) is 0 Å². The number of carbonyl (C=O) groups is 5. The summed E-state index contributed by atoms with van der Waals surface area (Å²) >= 11 is 0. The van der Waals surface area contributed by atoms with Crippen molar-refractivity contribution in [2.45, 2.75) is 0 Å². The minimum Gasteiger partial charge on any atom is -0.452 e. The predicted octanol–water partition coefficient (Wildman–Crippen LogP) is 3.46. The summed E-state index contributed by atoms with van der Waals surface area (Å²) in [5.74, 6) is -2.04. The number of nitrogens with one attached hydrogen (secondary N) is 1. The van der Waals surface area contributed by atoms with Gasteiger partial charge in [0, 0.05) is 35.0 Å². The summed E-state index contributed by atoms with van der Waals surface area (Å²) in [5, 5.41) is 2.56. The molecule has 0 spiro atoms. The molecular weight excluding hydrogens is 452 g/mol. The Labute approximate surface area is 200 Å². The molecule has 3 aromatic carbocycles. The van der Waals surface area contributed by atoms with Gasteiger partial charge in [0.1, 0.15) is 0 Å². The first kappa shape index (κ1) is 23.4. The molecule has 9 nitrogen and oxygen atoms in total. The van der Waals surface area contributed by atoms with Gasteiger partial charge in [-0.1, -0.05) is 36.4 Å². The first-order chi connectivity index (χ1) is 16.8. The molecule has 35 heavy (non-hydrogen) atoms. The van der Waals surface area contributed by atoms with Gasteiger partial charge in [-0.2, -0.15) is 0 Å². The van der Waals surface area contributed by atoms with Crippen LogP contribution in [-0.4, -0.2) is 50.3 Å². The number of methoxy groups -OCH3 is 1. The fourth-order valence-corrected chi connectivity index (χ4v) is 3.76. The van der Waals surface area contributed by atoms with Gasteiger partial charge in [0.25, 0.3) is 5.91 Å². The first-order valence-electron chi connectivity index (χ1n) is 10.5. The zero-order valence-corrected chi connectivity index (χ0v) is 18.9. The first-order valence-corrected chi connectivity index (χ1v) is 10.5. The van der Waals surface area contributed by atoms with Gasteiger partial charge in [-0.25, -0.2) is 9.59 Å². The summed E-state index contributed by atoms with van der Waals surface area (Å²) in [6.45, 7) is -0.609. The van der Waals surface area contributed by atoms with Crippen LogP contribution in [0, 0.1) is 0 Å². The summed E-state index contributed by atoms with van der Waals surface area (Å²) in [5.41, 5.74) is 1.68. The molecule has 0 unspecified atom stereocenters. The third kappa shape index (κ3) is 4.51. The zero-order valence-electron chi connectivity index (χ0n) is 18.9. The van der Waals surface area contributed by atoms with E-state index >= 15 is 0 Å². The van der Waals surface area contributed by atoms with Crippen LogP contribution in [0.4, 0.5) is 16.2 Å². The highest BCUT2D eigenvalue weighted by Crippen LogP contribution is 2.29. The molecule has 0 atom stereocenters. The summed E-state index contributed by atoms with van der Waals surface area (Å²) in [7, 11) is 2.65. The molecule has 0 aliphatic heterocycles. The van der Waals surface area contributed by atoms with Crippen LogP contribution in [0.15, 0.2) is 66.7 Å². The number of hydrogen-bond acceptors (Lipinski definition) is 7. The van der Waals surface area contributed by atoms with Crippen LogP contribution in [0.5, 0.6) is 0 Å². The van der Waals surface area contributed by atoms with E-state index in [0.717, 1.165) is 4.90 Å². The van der Waals surface area contributed by atoms with Crippen LogP contribution in [0.3, 0.4) is 0 Å². The Morgan fingerprint density at radius 1 is 0.829 bits per heavy atom. The van der Waals surface area contributed by atoms with Gasteiger partial charge < -0.3 is 14.8 Å². The van der Waals surface area contributed by atoms with Crippen molar-refractivity contribution in [2.24, 2.45) is 0 Å². The summed E-state index contributed by atoms with van der Waals surface area (Å²) in [6, 6.07) is 17.2. The number of nitrogens with zero attached hydrogens (tertiary/aromatic N) is 1. The Hall–Kier alpha value is -4.79. The van der Waals surface area contributed by atoms with Crippen LogP contribution in [-0.2, 0) is 14.3 Å². The smallest absolute Gasteiger partial charge is 0.413 e. The molecule has 1 N–H and O–H groups in total. The molecule has 0 heterocycles. The Balaban J connectivity index is 1.44. The second-order valence-corrected chi connectivity index (χ2v) is 7.63. The van der Waals surface area contributed by atoms with Gasteiger partial charge in [0.15, 0.2) is 18.2 Å². The van der Waals surface area contributed by atoms with Crippen molar-refractivity contribution in [2.75, 3.05) is 31.0 Å². The van der Waals surface area contributed by atoms with E-state index in [1.54, 1.807) is 36.4 Å². The number of ketones is 2. The highest BCUT2D eigenvalue weighted by molar-refractivity contribution is 6.28. The SMILES string of the molecule is COC(=O)N(C)c1ccccc1C(=O)OCC(=O)Nc1ccc2c(c1)C(=O)c1ccccc1C2=O. The molecular formula is C26H20N2O7. The molecule has 176 valence electrons. The zero-order chi connectivity index (χ0) is 25.1. The fourth-order valence-electron chi connectivity index (χ4n) is 3.76. The van der Waals surface area contributed by atoms with Crippen molar-refractivity contribution < 1.29 is 33.4 Å². The molecule has 0 fully saturated rings. The van der Waals surface area contributed by atoms with Crippen molar-refractivity contribution in [1.29, 1.82) is 0 Å². The van der Waals surface area contributed by atoms with E-state index in [1.165, 1.54) is 44.5 Å². The van der Waals surface area contributed by atoms with E-state index in [0.29, 0.717) is 11.1 Å². The van der Waals surface area contributed by atoms with Gasteiger partial charge in [-0.15, -0.1) is 0 Å². The Morgan fingerprint density at radius 3 is 2.11 bits per heavy atom. The lowest BCUT2D eigenvalue weighted by atomic mass is 9.84. The number of fused-ring (bicyclic) bond motifs is 2. The van der Waals surface area contributed by atoms with Gasteiger partial charge >= 0.3 is 12.1 Å². The normalized spacial score (nSPS) is 11.7. The number of anilines is 2. The third-order valence-electron chi connectivity index (χ3n) is 5.48.